The van der Waals surface area contributed by atoms with Gasteiger partial charge in [0.1, 0.15) is 17.3 Å². The second-order valence-electron chi connectivity index (χ2n) is 6.00. The molecule has 3 unspecified atom stereocenters. The quantitative estimate of drug-likeness (QED) is 0.645. The number of benzene rings is 1. The molecule has 0 spiro atoms. The molecule has 2 N–H and O–H groups in total. The van der Waals surface area contributed by atoms with Crippen LogP contribution in [-0.4, -0.2) is 24.3 Å². The molecule has 1 fully saturated rings. The van der Waals surface area contributed by atoms with Crippen LogP contribution in [0.2, 0.25) is 0 Å². The van der Waals surface area contributed by atoms with E-state index in [1.54, 1.807) is 0 Å². The summed E-state index contributed by atoms with van der Waals surface area (Å²) >= 11 is 4.92. The average molecular weight is 307 g/mol. The highest BCUT2D eigenvalue weighted by Gasteiger charge is 2.24. The minimum Gasteiger partial charge on any atom is -0.491 e. The van der Waals surface area contributed by atoms with E-state index in [0.717, 1.165) is 23.1 Å². The Morgan fingerprint density at radius 2 is 1.86 bits per heavy atom. The summed E-state index contributed by atoms with van der Waals surface area (Å²) in [4.78, 5) is 0.408. The van der Waals surface area contributed by atoms with Crippen LogP contribution in [-0.2, 0) is 4.74 Å². The normalized spacial score (nSPS) is 25.5. The van der Waals surface area contributed by atoms with Crippen LogP contribution in [0.15, 0.2) is 24.3 Å². The van der Waals surface area contributed by atoms with Gasteiger partial charge in [0.05, 0.1) is 12.7 Å². The largest absolute Gasteiger partial charge is 0.491 e. The highest BCUT2D eigenvalue weighted by atomic mass is 32.1. The van der Waals surface area contributed by atoms with E-state index in [1.165, 1.54) is 19.3 Å². The van der Waals surface area contributed by atoms with E-state index in [1.807, 2.05) is 24.3 Å². The maximum atomic E-state index is 5.92. The van der Waals surface area contributed by atoms with Crippen molar-refractivity contribution >= 4 is 17.2 Å². The Morgan fingerprint density at radius 3 is 2.48 bits per heavy atom. The standard InChI is InChI=1S/C17H25NO2S/c1-12-3-6-16(11-13(12)2)20-10-9-19-15-7-4-14(5-8-15)17(18)21/h4-5,7-8,12-13,16H,3,6,9-11H2,1-2H3,(H2,18,21). The molecular weight excluding hydrogens is 282 g/mol. The van der Waals surface area contributed by atoms with E-state index in [9.17, 15) is 0 Å². The lowest BCUT2D eigenvalue weighted by Crippen LogP contribution is -2.28. The van der Waals surface area contributed by atoms with E-state index >= 15 is 0 Å². The summed E-state index contributed by atoms with van der Waals surface area (Å²) in [6.07, 6.45) is 4.02. The fraction of sp³-hybridized carbons (Fsp3) is 0.588. The van der Waals surface area contributed by atoms with E-state index in [-0.39, 0.29) is 0 Å². The van der Waals surface area contributed by atoms with E-state index in [4.69, 9.17) is 27.4 Å². The Hall–Kier alpha value is -1.13. The summed E-state index contributed by atoms with van der Waals surface area (Å²) in [5, 5.41) is 0. The van der Waals surface area contributed by atoms with Crippen molar-refractivity contribution in [2.45, 2.75) is 39.2 Å². The first kappa shape index (κ1) is 16.2. The molecule has 0 radical (unpaired) electrons. The molecule has 116 valence electrons. The first-order chi connectivity index (χ1) is 10.1. The Kier molecular flexibility index (Phi) is 6.00. The van der Waals surface area contributed by atoms with Gasteiger partial charge < -0.3 is 15.2 Å². The molecule has 21 heavy (non-hydrogen) atoms. The minimum absolute atomic E-state index is 0.400. The molecule has 1 aromatic carbocycles. The lowest BCUT2D eigenvalue weighted by molar-refractivity contribution is -0.00908. The molecule has 0 saturated heterocycles. The van der Waals surface area contributed by atoms with Crippen LogP contribution in [0, 0.1) is 11.8 Å². The first-order valence-corrected chi connectivity index (χ1v) is 8.11. The van der Waals surface area contributed by atoms with Crippen molar-refractivity contribution < 1.29 is 9.47 Å². The van der Waals surface area contributed by atoms with Gasteiger partial charge in [0, 0.05) is 5.56 Å². The minimum atomic E-state index is 0.400. The third kappa shape index (κ3) is 4.97. The lowest BCUT2D eigenvalue weighted by Gasteiger charge is -2.31. The van der Waals surface area contributed by atoms with E-state index < -0.39 is 0 Å². The zero-order valence-electron chi connectivity index (χ0n) is 12.9. The maximum absolute atomic E-state index is 5.92. The zero-order chi connectivity index (χ0) is 15.2. The van der Waals surface area contributed by atoms with Crippen molar-refractivity contribution in [2.75, 3.05) is 13.2 Å². The van der Waals surface area contributed by atoms with Crippen molar-refractivity contribution in [2.24, 2.45) is 17.6 Å². The maximum Gasteiger partial charge on any atom is 0.119 e. The van der Waals surface area contributed by atoms with Crippen molar-refractivity contribution in [1.29, 1.82) is 0 Å². The molecule has 4 heteroatoms. The topological polar surface area (TPSA) is 44.5 Å². The van der Waals surface area contributed by atoms with Gasteiger partial charge in [-0.1, -0.05) is 26.1 Å². The van der Waals surface area contributed by atoms with Crippen molar-refractivity contribution in [3.8, 4) is 5.75 Å². The van der Waals surface area contributed by atoms with Crippen LogP contribution in [0.1, 0.15) is 38.7 Å². The second-order valence-corrected chi connectivity index (χ2v) is 6.44. The first-order valence-electron chi connectivity index (χ1n) is 7.70. The molecule has 0 bridgehead atoms. The fourth-order valence-corrected chi connectivity index (χ4v) is 2.88. The summed E-state index contributed by atoms with van der Waals surface area (Å²) in [7, 11) is 0. The molecule has 0 aliphatic heterocycles. The van der Waals surface area contributed by atoms with Crippen LogP contribution in [0.3, 0.4) is 0 Å². The Labute approximate surface area is 132 Å². The van der Waals surface area contributed by atoms with Crippen LogP contribution in [0.4, 0.5) is 0 Å². The van der Waals surface area contributed by atoms with Gasteiger partial charge in [0.15, 0.2) is 0 Å². The smallest absolute Gasteiger partial charge is 0.119 e. The zero-order valence-corrected chi connectivity index (χ0v) is 13.7. The van der Waals surface area contributed by atoms with Gasteiger partial charge in [0.25, 0.3) is 0 Å². The Balaban J connectivity index is 1.66. The molecular formula is C17H25NO2S. The second kappa shape index (κ2) is 7.76. The van der Waals surface area contributed by atoms with Crippen LogP contribution >= 0.6 is 12.2 Å². The molecule has 0 heterocycles. The average Bonchev–Trinajstić information content (AvgIpc) is 2.47. The van der Waals surface area contributed by atoms with Gasteiger partial charge in [-0.2, -0.15) is 0 Å². The predicted octanol–water partition coefficient (Wildman–Crippen LogP) is 3.54. The van der Waals surface area contributed by atoms with Gasteiger partial charge in [-0.15, -0.1) is 0 Å². The van der Waals surface area contributed by atoms with Crippen molar-refractivity contribution in [3.05, 3.63) is 29.8 Å². The molecule has 0 aromatic heterocycles. The molecule has 0 amide bonds. The summed E-state index contributed by atoms with van der Waals surface area (Å²) in [5.41, 5.74) is 6.42. The molecule has 1 aliphatic rings. The lowest BCUT2D eigenvalue weighted by atomic mass is 9.80. The number of hydrogen-bond acceptors (Lipinski definition) is 3. The summed E-state index contributed by atoms with van der Waals surface area (Å²) in [5.74, 6) is 2.41. The molecule has 3 atom stereocenters. The summed E-state index contributed by atoms with van der Waals surface area (Å²) in [6, 6.07) is 7.53. The molecule has 3 nitrogen and oxygen atoms in total. The number of thiocarbonyl (C=S) groups is 1. The SMILES string of the molecule is CC1CCC(OCCOc2ccc(C(N)=S)cc2)CC1C. The highest BCUT2D eigenvalue weighted by Crippen LogP contribution is 2.30. The molecule has 2 rings (SSSR count). The molecule has 1 aromatic rings. The van der Waals surface area contributed by atoms with Gasteiger partial charge in [0.2, 0.25) is 0 Å². The third-order valence-electron chi connectivity index (χ3n) is 4.39. The summed E-state index contributed by atoms with van der Waals surface area (Å²) < 4.78 is 11.6. The Bertz CT molecular complexity index is 460. The third-order valence-corrected chi connectivity index (χ3v) is 4.63. The highest BCUT2D eigenvalue weighted by molar-refractivity contribution is 7.80. The summed E-state index contributed by atoms with van der Waals surface area (Å²) in [6.45, 7) is 5.87. The molecule has 1 aliphatic carbocycles. The van der Waals surface area contributed by atoms with Gasteiger partial charge in [-0.3, -0.25) is 0 Å². The van der Waals surface area contributed by atoms with Gasteiger partial charge in [-0.25, -0.2) is 0 Å². The van der Waals surface area contributed by atoms with Crippen molar-refractivity contribution in [3.63, 3.8) is 0 Å². The van der Waals surface area contributed by atoms with Crippen molar-refractivity contribution in [1.82, 2.24) is 0 Å². The number of rotatable bonds is 6. The van der Waals surface area contributed by atoms with Gasteiger partial charge >= 0.3 is 0 Å². The Morgan fingerprint density at radius 1 is 1.14 bits per heavy atom. The molecule has 1 saturated carbocycles. The van der Waals surface area contributed by atoms with E-state index in [2.05, 4.69) is 13.8 Å². The monoisotopic (exact) mass is 307 g/mol. The number of nitrogens with two attached hydrogens (primary N) is 1. The predicted molar refractivity (Wildman–Crippen MR) is 89.7 cm³/mol. The van der Waals surface area contributed by atoms with Crippen LogP contribution < -0.4 is 10.5 Å². The fourth-order valence-electron chi connectivity index (χ4n) is 2.74. The van der Waals surface area contributed by atoms with Crippen LogP contribution in [0.5, 0.6) is 5.75 Å². The van der Waals surface area contributed by atoms with E-state index in [0.29, 0.717) is 24.3 Å². The van der Waals surface area contributed by atoms with Gasteiger partial charge in [-0.05, 0) is 55.4 Å². The number of hydrogen-bond donors (Lipinski definition) is 1. The van der Waals surface area contributed by atoms with Crippen LogP contribution in [0.25, 0.3) is 0 Å². The number of ether oxygens (including phenoxy) is 2.